The lowest BCUT2D eigenvalue weighted by Gasteiger charge is -2.28. The van der Waals surface area contributed by atoms with E-state index < -0.39 is 11.8 Å². The largest absolute Gasteiger partial charge is 0.501 e. The molecule has 3 rings (SSSR count). The summed E-state index contributed by atoms with van der Waals surface area (Å²) >= 11 is 0. The van der Waals surface area contributed by atoms with Gasteiger partial charge in [-0.2, -0.15) is 0 Å². The van der Waals surface area contributed by atoms with Crippen LogP contribution in [0.3, 0.4) is 0 Å². The maximum Gasteiger partial charge on any atom is 0.269 e. The van der Waals surface area contributed by atoms with Gasteiger partial charge in [0.25, 0.3) is 11.8 Å². The number of ether oxygens (including phenoxy) is 3. The summed E-state index contributed by atoms with van der Waals surface area (Å²) in [5.41, 5.74) is 1.68. The van der Waals surface area contributed by atoms with Gasteiger partial charge in [0.05, 0.1) is 43.9 Å². The van der Waals surface area contributed by atoms with Crippen LogP contribution < -0.4 is 14.4 Å². The van der Waals surface area contributed by atoms with Crippen LogP contribution in [0, 0.1) is 0 Å². The van der Waals surface area contributed by atoms with Gasteiger partial charge in [-0.25, -0.2) is 4.90 Å². The van der Waals surface area contributed by atoms with Crippen LogP contribution in [-0.2, 0) is 9.53 Å². The number of anilines is 1. The van der Waals surface area contributed by atoms with Gasteiger partial charge in [0.15, 0.2) is 0 Å². The molecule has 134 valence electrons. The molecule has 26 heavy (non-hydrogen) atoms. The highest BCUT2D eigenvalue weighted by molar-refractivity contribution is 6.41. The van der Waals surface area contributed by atoms with E-state index in [1.165, 1.54) is 13.4 Å². The van der Waals surface area contributed by atoms with Crippen molar-refractivity contribution in [2.75, 3.05) is 25.7 Å². The zero-order chi connectivity index (χ0) is 18.7. The Morgan fingerprint density at radius 3 is 2.15 bits per heavy atom. The standard InChI is InChI=1S/C20H19NO5/c1-4-26-12-18-16-10-9-15(25-3)11-17(16)19(22)21(20(18)23)13-5-7-14(24-2)8-6-13/h5-12H,4H2,1-3H3. The van der Waals surface area contributed by atoms with E-state index in [0.717, 1.165) is 4.90 Å². The van der Waals surface area contributed by atoms with E-state index in [0.29, 0.717) is 40.5 Å². The molecule has 0 radical (unpaired) electrons. The molecule has 0 N–H and O–H groups in total. The van der Waals surface area contributed by atoms with Crippen LogP contribution in [0.25, 0.3) is 5.57 Å². The van der Waals surface area contributed by atoms with E-state index in [4.69, 9.17) is 14.2 Å². The molecule has 2 aromatic carbocycles. The summed E-state index contributed by atoms with van der Waals surface area (Å²) in [6.07, 6.45) is 1.40. The number of rotatable bonds is 5. The minimum absolute atomic E-state index is 0.319. The molecule has 1 aliphatic heterocycles. The normalized spacial score (nSPS) is 15.0. The second-order valence-corrected chi connectivity index (χ2v) is 5.54. The predicted octanol–water partition coefficient (Wildman–Crippen LogP) is 3.27. The van der Waals surface area contributed by atoms with Crippen LogP contribution in [0.15, 0.2) is 48.7 Å². The van der Waals surface area contributed by atoms with Crippen LogP contribution in [0.2, 0.25) is 0 Å². The number of methoxy groups -OCH3 is 2. The van der Waals surface area contributed by atoms with Gasteiger partial charge >= 0.3 is 0 Å². The quantitative estimate of drug-likeness (QED) is 0.469. The molecule has 0 aliphatic carbocycles. The lowest BCUT2D eigenvalue weighted by Crippen LogP contribution is -2.42. The van der Waals surface area contributed by atoms with Crippen LogP contribution >= 0.6 is 0 Å². The number of benzene rings is 2. The third-order valence-electron chi connectivity index (χ3n) is 4.08. The van der Waals surface area contributed by atoms with Crippen LogP contribution in [0.1, 0.15) is 22.8 Å². The molecule has 0 saturated heterocycles. The maximum absolute atomic E-state index is 13.0. The first-order chi connectivity index (χ1) is 12.6. The number of hydrogen-bond donors (Lipinski definition) is 0. The number of nitrogens with zero attached hydrogens (tertiary/aromatic N) is 1. The van der Waals surface area contributed by atoms with Crippen molar-refractivity contribution in [3.63, 3.8) is 0 Å². The molecule has 0 fully saturated rings. The molecule has 0 atom stereocenters. The molecule has 0 unspecified atom stereocenters. The zero-order valence-electron chi connectivity index (χ0n) is 14.8. The minimum atomic E-state index is -0.439. The number of amides is 2. The summed E-state index contributed by atoms with van der Waals surface area (Å²) in [4.78, 5) is 27.2. The Balaban J connectivity index is 2.13. The van der Waals surface area contributed by atoms with Gasteiger partial charge in [0.1, 0.15) is 11.5 Å². The third kappa shape index (κ3) is 3.01. The second kappa shape index (κ2) is 7.31. The molecular formula is C20H19NO5. The van der Waals surface area contributed by atoms with E-state index in [-0.39, 0.29) is 0 Å². The molecule has 0 bridgehead atoms. The molecule has 6 heteroatoms. The monoisotopic (exact) mass is 353 g/mol. The van der Waals surface area contributed by atoms with Gasteiger partial charge in [0.2, 0.25) is 0 Å². The summed E-state index contributed by atoms with van der Waals surface area (Å²) in [6.45, 7) is 2.24. The van der Waals surface area contributed by atoms with Crippen molar-refractivity contribution in [1.82, 2.24) is 0 Å². The van der Waals surface area contributed by atoms with Gasteiger partial charge in [-0.15, -0.1) is 0 Å². The van der Waals surface area contributed by atoms with Gasteiger partial charge in [-0.1, -0.05) is 0 Å². The Morgan fingerprint density at radius 2 is 1.54 bits per heavy atom. The van der Waals surface area contributed by atoms with Gasteiger partial charge in [0, 0.05) is 5.56 Å². The number of carbonyl (C=O) groups is 2. The Morgan fingerprint density at radius 1 is 0.885 bits per heavy atom. The van der Waals surface area contributed by atoms with E-state index in [9.17, 15) is 9.59 Å². The first-order valence-corrected chi connectivity index (χ1v) is 8.13. The average Bonchev–Trinajstić information content (AvgIpc) is 2.68. The smallest absolute Gasteiger partial charge is 0.269 e. The van der Waals surface area contributed by atoms with E-state index in [2.05, 4.69) is 0 Å². The third-order valence-corrected chi connectivity index (χ3v) is 4.08. The SMILES string of the molecule is CCOC=C1C(=O)N(c2ccc(OC)cc2)C(=O)c2cc(OC)ccc21. The van der Waals surface area contributed by atoms with Crippen molar-refractivity contribution in [2.45, 2.75) is 6.92 Å². The second-order valence-electron chi connectivity index (χ2n) is 5.54. The van der Waals surface area contributed by atoms with Gasteiger partial charge in [-0.05, 0) is 49.4 Å². The molecule has 1 aliphatic rings. The highest BCUT2D eigenvalue weighted by Gasteiger charge is 2.36. The van der Waals surface area contributed by atoms with E-state index in [1.807, 2.05) is 6.92 Å². The lowest BCUT2D eigenvalue weighted by molar-refractivity contribution is -0.113. The Kier molecular flexibility index (Phi) is 4.93. The zero-order valence-corrected chi connectivity index (χ0v) is 14.8. The van der Waals surface area contributed by atoms with E-state index in [1.54, 1.807) is 49.6 Å². The van der Waals surface area contributed by atoms with E-state index >= 15 is 0 Å². The number of fused-ring (bicyclic) bond motifs is 1. The summed E-state index contributed by atoms with van der Waals surface area (Å²) in [5.74, 6) is 0.323. The van der Waals surface area contributed by atoms with Crippen molar-refractivity contribution < 1.29 is 23.8 Å². The fraction of sp³-hybridized carbons (Fsp3) is 0.200. The fourth-order valence-corrected chi connectivity index (χ4v) is 2.76. The maximum atomic E-state index is 13.0. The predicted molar refractivity (Wildman–Crippen MR) is 97.4 cm³/mol. The highest BCUT2D eigenvalue weighted by atomic mass is 16.5. The fourth-order valence-electron chi connectivity index (χ4n) is 2.76. The summed E-state index contributed by atoms with van der Waals surface area (Å²) in [7, 11) is 3.08. The minimum Gasteiger partial charge on any atom is -0.501 e. The number of imide groups is 1. The molecular weight excluding hydrogens is 334 g/mol. The molecule has 1 heterocycles. The summed E-state index contributed by atoms with van der Waals surface area (Å²) < 4.78 is 15.7. The molecule has 2 amide bonds. The molecule has 2 aromatic rings. The van der Waals surface area contributed by atoms with Crippen LogP contribution in [0.5, 0.6) is 11.5 Å². The van der Waals surface area contributed by atoms with Crippen molar-refractivity contribution in [1.29, 1.82) is 0 Å². The van der Waals surface area contributed by atoms with Gasteiger partial charge in [-0.3, -0.25) is 9.59 Å². The summed E-state index contributed by atoms with van der Waals surface area (Å²) in [5, 5.41) is 0. The number of hydrogen-bond acceptors (Lipinski definition) is 5. The Hall–Kier alpha value is -3.28. The van der Waals surface area contributed by atoms with Gasteiger partial charge < -0.3 is 14.2 Å². The van der Waals surface area contributed by atoms with Crippen molar-refractivity contribution in [3.05, 3.63) is 59.9 Å². The van der Waals surface area contributed by atoms with Crippen LogP contribution in [0.4, 0.5) is 5.69 Å². The van der Waals surface area contributed by atoms with Crippen molar-refractivity contribution in [3.8, 4) is 11.5 Å². The molecule has 6 nitrogen and oxygen atoms in total. The lowest BCUT2D eigenvalue weighted by atomic mass is 9.93. The number of carbonyl (C=O) groups excluding carboxylic acids is 2. The molecule has 0 spiro atoms. The topological polar surface area (TPSA) is 65.1 Å². The molecule has 0 saturated carbocycles. The summed E-state index contributed by atoms with van der Waals surface area (Å²) in [6, 6.07) is 11.8. The Labute approximate surface area is 151 Å². The van der Waals surface area contributed by atoms with Crippen molar-refractivity contribution in [2.24, 2.45) is 0 Å². The Bertz CT molecular complexity index is 870. The first-order valence-electron chi connectivity index (χ1n) is 8.13. The van der Waals surface area contributed by atoms with Crippen molar-refractivity contribution >= 4 is 23.1 Å². The average molecular weight is 353 g/mol. The first kappa shape index (κ1) is 17.5. The molecule has 0 aromatic heterocycles. The highest BCUT2D eigenvalue weighted by Crippen LogP contribution is 2.34. The van der Waals surface area contributed by atoms with Crippen LogP contribution in [-0.4, -0.2) is 32.6 Å².